The van der Waals surface area contributed by atoms with E-state index in [1.807, 2.05) is 30.3 Å². The number of benzene rings is 1. The Labute approximate surface area is 172 Å². The van der Waals surface area contributed by atoms with E-state index in [1.165, 1.54) is 0 Å². The molecule has 0 aromatic heterocycles. The van der Waals surface area contributed by atoms with Crippen LogP contribution in [0.4, 0.5) is 9.59 Å². The summed E-state index contributed by atoms with van der Waals surface area (Å²) in [5, 5.41) is 5.14. The van der Waals surface area contributed by atoms with Crippen LogP contribution in [0.1, 0.15) is 45.6 Å². The lowest BCUT2D eigenvalue weighted by Crippen LogP contribution is -2.49. The molecule has 0 radical (unpaired) electrons. The van der Waals surface area contributed by atoms with Crippen LogP contribution in [0.15, 0.2) is 30.3 Å². The average Bonchev–Trinajstić information content (AvgIpc) is 2.57. The predicted molar refractivity (Wildman–Crippen MR) is 110 cm³/mol. The molecular formula is C19H31N3O6S. The van der Waals surface area contributed by atoms with Crippen molar-refractivity contribution in [3.05, 3.63) is 35.9 Å². The average molecular weight is 430 g/mol. The van der Waals surface area contributed by atoms with Gasteiger partial charge >= 0.3 is 12.2 Å². The summed E-state index contributed by atoms with van der Waals surface area (Å²) in [5.41, 5.74) is 0.203. The molecule has 0 aliphatic rings. The van der Waals surface area contributed by atoms with Crippen molar-refractivity contribution in [3.63, 3.8) is 0 Å². The van der Waals surface area contributed by atoms with Gasteiger partial charge in [-0.15, -0.1) is 0 Å². The van der Waals surface area contributed by atoms with Gasteiger partial charge in [0.25, 0.3) is 0 Å². The summed E-state index contributed by atoms with van der Waals surface area (Å²) in [4.78, 5) is 23.6. The highest BCUT2D eigenvalue weighted by molar-refractivity contribution is 7.88. The van der Waals surface area contributed by atoms with Crippen molar-refractivity contribution < 1.29 is 27.5 Å². The van der Waals surface area contributed by atoms with Gasteiger partial charge in [0.1, 0.15) is 12.2 Å². The largest absolute Gasteiger partial charge is 0.445 e. The lowest BCUT2D eigenvalue weighted by Gasteiger charge is -2.23. The molecule has 3 N–H and O–H groups in total. The second-order valence-corrected chi connectivity index (χ2v) is 9.35. The van der Waals surface area contributed by atoms with Crippen LogP contribution in [0.25, 0.3) is 0 Å². The summed E-state index contributed by atoms with van der Waals surface area (Å²) in [6.07, 6.45) is 0.465. The molecule has 1 aromatic carbocycles. The van der Waals surface area contributed by atoms with Crippen molar-refractivity contribution in [2.75, 3.05) is 12.8 Å². The molecule has 0 saturated heterocycles. The standard InChI is InChI=1S/C19H31N3O6S/c1-19(2,3)28-18(24)21-16(22-29(4,25)26)12-8-9-13-20-17(23)27-14-15-10-6-5-7-11-15/h5-7,10-11,16,22H,8-9,12-14H2,1-4H3,(H,20,23)(H,21,24). The van der Waals surface area contributed by atoms with E-state index in [1.54, 1.807) is 20.8 Å². The first-order valence-corrected chi connectivity index (χ1v) is 11.2. The molecule has 1 aromatic rings. The third-order valence-corrected chi connectivity index (χ3v) is 4.16. The zero-order valence-electron chi connectivity index (χ0n) is 17.4. The maximum atomic E-state index is 11.9. The first kappa shape index (κ1) is 24.7. The van der Waals surface area contributed by atoms with Gasteiger partial charge in [0, 0.05) is 6.54 Å². The molecule has 1 atom stereocenters. The second kappa shape index (κ2) is 11.6. The molecular weight excluding hydrogens is 398 g/mol. The smallest absolute Gasteiger partial charge is 0.408 e. The normalized spacial score (nSPS) is 12.7. The third kappa shape index (κ3) is 13.5. The summed E-state index contributed by atoms with van der Waals surface area (Å²) < 4.78 is 35.6. The Balaban J connectivity index is 2.32. The lowest BCUT2D eigenvalue weighted by atomic mass is 10.2. The number of hydrogen-bond acceptors (Lipinski definition) is 6. The fourth-order valence-corrected chi connectivity index (χ4v) is 3.00. The number of carbonyl (C=O) groups excluding carboxylic acids is 2. The van der Waals surface area contributed by atoms with E-state index in [0.29, 0.717) is 25.8 Å². The van der Waals surface area contributed by atoms with Gasteiger partial charge in [-0.2, -0.15) is 4.72 Å². The lowest BCUT2D eigenvalue weighted by molar-refractivity contribution is 0.0498. The maximum Gasteiger partial charge on any atom is 0.408 e. The highest BCUT2D eigenvalue weighted by Crippen LogP contribution is 2.08. The van der Waals surface area contributed by atoms with Gasteiger partial charge in [0.2, 0.25) is 10.0 Å². The molecule has 0 heterocycles. The van der Waals surface area contributed by atoms with Crippen LogP contribution in [0.3, 0.4) is 0 Å². The van der Waals surface area contributed by atoms with E-state index in [0.717, 1.165) is 11.8 Å². The Bertz CT molecular complexity index is 747. The molecule has 0 fully saturated rings. The Morgan fingerprint density at radius 2 is 1.72 bits per heavy atom. The van der Waals surface area contributed by atoms with E-state index in [2.05, 4.69) is 15.4 Å². The molecule has 0 spiro atoms. The molecule has 10 heteroatoms. The number of rotatable bonds is 10. The van der Waals surface area contributed by atoms with E-state index in [9.17, 15) is 18.0 Å². The second-order valence-electron chi connectivity index (χ2n) is 7.57. The SMILES string of the molecule is CC(C)(C)OC(=O)NC(CCCCNC(=O)OCc1ccccc1)NS(C)(=O)=O. The van der Waals surface area contributed by atoms with Crippen LogP contribution >= 0.6 is 0 Å². The van der Waals surface area contributed by atoms with Crippen molar-refractivity contribution in [3.8, 4) is 0 Å². The van der Waals surface area contributed by atoms with Crippen LogP contribution in [-0.4, -0.2) is 45.2 Å². The summed E-state index contributed by atoms with van der Waals surface area (Å²) in [5.74, 6) is 0. The zero-order valence-corrected chi connectivity index (χ0v) is 18.2. The van der Waals surface area contributed by atoms with Gasteiger partial charge in [-0.25, -0.2) is 18.0 Å². The van der Waals surface area contributed by atoms with Crippen molar-refractivity contribution in [1.29, 1.82) is 0 Å². The van der Waals surface area contributed by atoms with Crippen LogP contribution in [0, 0.1) is 0 Å². The predicted octanol–water partition coefficient (Wildman–Crippen LogP) is 2.48. The minimum absolute atomic E-state index is 0.187. The number of sulfonamides is 1. The minimum Gasteiger partial charge on any atom is -0.445 e. The Hall–Kier alpha value is -2.33. The van der Waals surface area contributed by atoms with Crippen LogP contribution in [0.2, 0.25) is 0 Å². The van der Waals surface area contributed by atoms with Crippen LogP contribution < -0.4 is 15.4 Å². The van der Waals surface area contributed by atoms with Crippen molar-refractivity contribution in [2.45, 2.75) is 58.4 Å². The maximum absolute atomic E-state index is 11.9. The Kier molecular flexibility index (Phi) is 9.90. The molecule has 2 amide bonds. The van der Waals surface area contributed by atoms with Gasteiger partial charge in [-0.05, 0) is 45.6 Å². The Morgan fingerprint density at radius 3 is 2.31 bits per heavy atom. The molecule has 0 aliphatic heterocycles. The van der Waals surface area contributed by atoms with Crippen molar-refractivity contribution in [1.82, 2.24) is 15.4 Å². The third-order valence-electron chi connectivity index (χ3n) is 3.45. The van der Waals surface area contributed by atoms with Crippen molar-refractivity contribution in [2.24, 2.45) is 0 Å². The summed E-state index contributed by atoms with van der Waals surface area (Å²) >= 11 is 0. The Morgan fingerprint density at radius 1 is 1.07 bits per heavy atom. The molecule has 1 rings (SSSR count). The highest BCUT2D eigenvalue weighted by Gasteiger charge is 2.21. The molecule has 0 saturated carbocycles. The van der Waals surface area contributed by atoms with Gasteiger partial charge in [0.15, 0.2) is 0 Å². The van der Waals surface area contributed by atoms with Crippen molar-refractivity contribution >= 4 is 22.2 Å². The van der Waals surface area contributed by atoms with E-state index < -0.39 is 34.0 Å². The zero-order chi connectivity index (χ0) is 21.9. The molecule has 29 heavy (non-hydrogen) atoms. The van der Waals surface area contributed by atoms with E-state index >= 15 is 0 Å². The number of amides is 2. The van der Waals surface area contributed by atoms with Crippen LogP contribution in [0.5, 0.6) is 0 Å². The number of unbranched alkanes of at least 4 members (excludes halogenated alkanes) is 1. The number of nitrogens with one attached hydrogen (secondary N) is 3. The molecule has 0 aliphatic carbocycles. The summed E-state index contributed by atoms with van der Waals surface area (Å²) in [6, 6.07) is 9.33. The van der Waals surface area contributed by atoms with Crippen LogP contribution in [-0.2, 0) is 26.1 Å². The molecule has 9 nitrogen and oxygen atoms in total. The first-order chi connectivity index (χ1) is 13.4. The number of carbonyl (C=O) groups is 2. The summed E-state index contributed by atoms with van der Waals surface area (Å²) in [7, 11) is -3.51. The molecule has 0 bridgehead atoms. The fraction of sp³-hybridized carbons (Fsp3) is 0.579. The number of hydrogen-bond donors (Lipinski definition) is 3. The fourth-order valence-electron chi connectivity index (χ4n) is 2.31. The first-order valence-electron chi connectivity index (χ1n) is 9.36. The number of ether oxygens (including phenoxy) is 2. The monoisotopic (exact) mass is 429 g/mol. The molecule has 1 unspecified atom stereocenters. The van der Waals surface area contributed by atoms with E-state index in [-0.39, 0.29) is 6.61 Å². The topological polar surface area (TPSA) is 123 Å². The van der Waals surface area contributed by atoms with Gasteiger partial charge < -0.3 is 20.1 Å². The van der Waals surface area contributed by atoms with Gasteiger partial charge in [0.05, 0.1) is 12.4 Å². The van der Waals surface area contributed by atoms with Gasteiger partial charge in [-0.1, -0.05) is 30.3 Å². The quantitative estimate of drug-likeness (QED) is 0.388. The van der Waals surface area contributed by atoms with E-state index in [4.69, 9.17) is 9.47 Å². The molecule has 164 valence electrons. The van der Waals surface area contributed by atoms with Gasteiger partial charge in [-0.3, -0.25) is 0 Å². The minimum atomic E-state index is -3.51. The highest BCUT2D eigenvalue weighted by atomic mass is 32.2. The number of alkyl carbamates (subject to hydrolysis) is 2. The summed E-state index contributed by atoms with van der Waals surface area (Å²) in [6.45, 7) is 5.70.